The molecule has 0 unspecified atom stereocenters. The van der Waals surface area contributed by atoms with E-state index in [0.29, 0.717) is 0 Å². The second-order valence-corrected chi connectivity index (χ2v) is 7.03. The zero-order valence-corrected chi connectivity index (χ0v) is 15.9. The Bertz CT molecular complexity index is 510. The summed E-state index contributed by atoms with van der Waals surface area (Å²) in [7, 11) is 0. The number of carbonyl (C=O) groups excluding carboxylic acids is 1. The Labute approximate surface area is 152 Å². The van der Waals surface area contributed by atoms with Crippen molar-refractivity contribution in [1.29, 1.82) is 0 Å². The predicted molar refractivity (Wildman–Crippen MR) is 104 cm³/mol. The summed E-state index contributed by atoms with van der Waals surface area (Å²) in [6, 6.07) is 7.96. The van der Waals surface area contributed by atoms with Crippen LogP contribution in [0.4, 0.5) is 11.4 Å². The maximum absolute atomic E-state index is 12.3. The van der Waals surface area contributed by atoms with Crippen LogP contribution in [0.1, 0.15) is 46.5 Å². The van der Waals surface area contributed by atoms with E-state index < -0.39 is 0 Å². The average molecular weight is 348 g/mol. The molecular formula is C20H33N3O2. The lowest BCUT2D eigenvalue weighted by Crippen LogP contribution is -2.38. The van der Waals surface area contributed by atoms with Crippen LogP contribution in [-0.2, 0) is 9.53 Å². The first-order valence-electron chi connectivity index (χ1n) is 9.57. The summed E-state index contributed by atoms with van der Waals surface area (Å²) >= 11 is 0. The van der Waals surface area contributed by atoms with Gasteiger partial charge in [0, 0.05) is 31.1 Å². The van der Waals surface area contributed by atoms with Gasteiger partial charge in [0.2, 0.25) is 5.91 Å². The molecule has 0 bridgehead atoms. The highest BCUT2D eigenvalue weighted by Crippen LogP contribution is 2.21. The van der Waals surface area contributed by atoms with Gasteiger partial charge in [-0.1, -0.05) is 0 Å². The molecule has 25 heavy (non-hydrogen) atoms. The number of piperidine rings is 1. The van der Waals surface area contributed by atoms with Gasteiger partial charge in [0.05, 0.1) is 12.1 Å². The van der Waals surface area contributed by atoms with Gasteiger partial charge in [-0.2, -0.15) is 0 Å². The smallest absolute Gasteiger partial charge is 0.241 e. The minimum atomic E-state index is -0.221. The second kappa shape index (κ2) is 10.4. The molecule has 1 aliphatic heterocycles. The number of benzene rings is 1. The Kier molecular flexibility index (Phi) is 8.22. The summed E-state index contributed by atoms with van der Waals surface area (Å²) in [5.74, 6) is -0.00417. The summed E-state index contributed by atoms with van der Waals surface area (Å²) in [6.45, 7) is 9.70. The quantitative estimate of drug-likeness (QED) is 0.672. The lowest BCUT2D eigenvalue weighted by atomic mass is 10.1. The fourth-order valence-corrected chi connectivity index (χ4v) is 2.96. The molecule has 0 aliphatic carbocycles. The molecule has 1 aromatic rings. The van der Waals surface area contributed by atoms with Crippen molar-refractivity contribution in [2.75, 3.05) is 36.5 Å². The number of nitrogens with one attached hydrogen (secondary N) is 2. The molecule has 5 heteroatoms. The maximum Gasteiger partial charge on any atom is 0.241 e. The lowest BCUT2D eigenvalue weighted by molar-refractivity contribution is -0.117. The Balaban J connectivity index is 1.72. The first kappa shape index (κ1) is 19.7. The van der Waals surface area contributed by atoms with Gasteiger partial charge in [0.15, 0.2) is 0 Å². The minimum absolute atomic E-state index is 0.00417. The predicted octanol–water partition coefficient (Wildman–Crippen LogP) is 3.41. The van der Waals surface area contributed by atoms with E-state index >= 15 is 0 Å². The van der Waals surface area contributed by atoms with E-state index in [4.69, 9.17) is 4.74 Å². The summed E-state index contributed by atoms with van der Waals surface area (Å²) in [6.07, 6.45) is 5.03. The first-order chi connectivity index (χ1) is 12.1. The van der Waals surface area contributed by atoms with E-state index in [2.05, 4.69) is 27.7 Å². The summed E-state index contributed by atoms with van der Waals surface area (Å²) < 4.78 is 5.50. The Hall–Kier alpha value is -1.59. The van der Waals surface area contributed by atoms with Crippen molar-refractivity contribution in [1.82, 2.24) is 5.32 Å². The monoisotopic (exact) mass is 347 g/mol. The van der Waals surface area contributed by atoms with Crippen LogP contribution >= 0.6 is 0 Å². The zero-order valence-electron chi connectivity index (χ0n) is 15.9. The molecule has 140 valence electrons. The van der Waals surface area contributed by atoms with Gasteiger partial charge < -0.3 is 20.3 Å². The SMILES string of the molecule is CC(C)OCCCN[C@H](C)C(=O)Nc1ccc(N2CCCCC2)cc1. The Morgan fingerprint density at radius 3 is 2.44 bits per heavy atom. The van der Waals surface area contributed by atoms with E-state index in [1.54, 1.807) is 0 Å². The molecule has 0 spiro atoms. The van der Waals surface area contributed by atoms with E-state index in [9.17, 15) is 4.79 Å². The van der Waals surface area contributed by atoms with E-state index in [1.165, 1.54) is 24.9 Å². The molecule has 1 atom stereocenters. The molecule has 1 saturated heterocycles. The minimum Gasteiger partial charge on any atom is -0.379 e. The van der Waals surface area contributed by atoms with Crippen molar-refractivity contribution in [2.24, 2.45) is 0 Å². The van der Waals surface area contributed by atoms with Gasteiger partial charge in [-0.3, -0.25) is 4.79 Å². The Morgan fingerprint density at radius 1 is 1.12 bits per heavy atom. The molecule has 2 N–H and O–H groups in total. The molecule has 0 radical (unpaired) electrons. The van der Waals surface area contributed by atoms with Gasteiger partial charge in [-0.25, -0.2) is 0 Å². The van der Waals surface area contributed by atoms with Crippen LogP contribution in [0.2, 0.25) is 0 Å². The molecule has 1 heterocycles. The first-order valence-corrected chi connectivity index (χ1v) is 9.57. The lowest BCUT2D eigenvalue weighted by Gasteiger charge is -2.28. The van der Waals surface area contributed by atoms with Crippen LogP contribution in [0.15, 0.2) is 24.3 Å². The number of amides is 1. The van der Waals surface area contributed by atoms with Crippen molar-refractivity contribution in [3.8, 4) is 0 Å². The highest BCUT2D eigenvalue weighted by atomic mass is 16.5. The molecule has 5 nitrogen and oxygen atoms in total. The molecule has 0 saturated carbocycles. The van der Waals surface area contributed by atoms with Crippen LogP contribution < -0.4 is 15.5 Å². The third-order valence-electron chi connectivity index (χ3n) is 4.47. The van der Waals surface area contributed by atoms with Crippen molar-refractivity contribution in [3.05, 3.63) is 24.3 Å². The molecule has 1 aliphatic rings. The molecular weight excluding hydrogens is 314 g/mol. The van der Waals surface area contributed by atoms with Gasteiger partial charge in [0.25, 0.3) is 0 Å². The van der Waals surface area contributed by atoms with E-state index in [0.717, 1.165) is 38.3 Å². The van der Waals surface area contributed by atoms with Crippen molar-refractivity contribution < 1.29 is 9.53 Å². The number of hydrogen-bond donors (Lipinski definition) is 2. The van der Waals surface area contributed by atoms with Crippen molar-refractivity contribution >= 4 is 17.3 Å². The second-order valence-electron chi connectivity index (χ2n) is 7.03. The standard InChI is InChI=1S/C20H33N3O2/c1-16(2)25-15-7-12-21-17(3)20(24)22-18-8-10-19(11-9-18)23-13-5-4-6-14-23/h8-11,16-17,21H,4-7,12-15H2,1-3H3,(H,22,24)/t17-/m1/s1. The highest BCUT2D eigenvalue weighted by Gasteiger charge is 2.13. The number of nitrogens with zero attached hydrogens (tertiary/aromatic N) is 1. The summed E-state index contributed by atoms with van der Waals surface area (Å²) in [4.78, 5) is 14.7. The number of anilines is 2. The molecule has 1 aromatic carbocycles. The number of carbonyl (C=O) groups is 1. The number of ether oxygens (including phenoxy) is 1. The van der Waals surface area contributed by atoms with Gasteiger partial charge in [-0.15, -0.1) is 0 Å². The molecule has 1 fully saturated rings. The van der Waals surface area contributed by atoms with Crippen molar-refractivity contribution in [2.45, 2.75) is 58.6 Å². The van der Waals surface area contributed by atoms with E-state index in [-0.39, 0.29) is 18.1 Å². The molecule has 2 rings (SSSR count). The summed E-state index contributed by atoms with van der Waals surface area (Å²) in [5.41, 5.74) is 2.09. The van der Waals surface area contributed by atoms with Crippen LogP contribution in [0.25, 0.3) is 0 Å². The fraction of sp³-hybridized carbons (Fsp3) is 0.650. The highest BCUT2D eigenvalue weighted by molar-refractivity contribution is 5.94. The maximum atomic E-state index is 12.3. The number of rotatable bonds is 9. The largest absolute Gasteiger partial charge is 0.379 e. The van der Waals surface area contributed by atoms with E-state index in [1.807, 2.05) is 32.9 Å². The third kappa shape index (κ3) is 7.04. The Morgan fingerprint density at radius 2 is 1.80 bits per heavy atom. The normalized spacial score (nSPS) is 16.1. The van der Waals surface area contributed by atoms with Crippen LogP contribution in [0.3, 0.4) is 0 Å². The fourth-order valence-electron chi connectivity index (χ4n) is 2.96. The molecule has 0 aromatic heterocycles. The van der Waals surface area contributed by atoms with Crippen LogP contribution in [0, 0.1) is 0 Å². The van der Waals surface area contributed by atoms with Gasteiger partial charge in [-0.05, 0) is 77.3 Å². The zero-order chi connectivity index (χ0) is 18.1. The van der Waals surface area contributed by atoms with Crippen molar-refractivity contribution in [3.63, 3.8) is 0 Å². The van der Waals surface area contributed by atoms with Crippen LogP contribution in [0.5, 0.6) is 0 Å². The van der Waals surface area contributed by atoms with Crippen LogP contribution in [-0.4, -0.2) is 44.3 Å². The van der Waals surface area contributed by atoms with Gasteiger partial charge in [0.1, 0.15) is 0 Å². The van der Waals surface area contributed by atoms with Gasteiger partial charge >= 0.3 is 0 Å². The average Bonchev–Trinajstić information content (AvgIpc) is 2.62. The number of hydrogen-bond acceptors (Lipinski definition) is 4. The third-order valence-corrected chi connectivity index (χ3v) is 4.47. The summed E-state index contributed by atoms with van der Waals surface area (Å²) in [5, 5.41) is 6.22. The molecule has 1 amide bonds. The topological polar surface area (TPSA) is 53.6 Å².